The highest BCUT2D eigenvalue weighted by molar-refractivity contribution is 5.85. The number of fused-ring (bicyclic) bond motifs is 1. The van der Waals surface area contributed by atoms with Crippen LogP contribution in [0.5, 0.6) is 0 Å². The van der Waals surface area contributed by atoms with Crippen LogP contribution < -0.4 is 4.90 Å². The lowest BCUT2D eigenvalue weighted by atomic mass is 9.63. The van der Waals surface area contributed by atoms with Crippen LogP contribution in [0.1, 0.15) is 57.6 Å². The summed E-state index contributed by atoms with van der Waals surface area (Å²) in [6.07, 6.45) is 7.28. The maximum absolute atomic E-state index is 12.3. The average molecular weight is 446 g/mol. The third kappa shape index (κ3) is 4.70. The van der Waals surface area contributed by atoms with E-state index in [2.05, 4.69) is 34.5 Å². The lowest BCUT2D eigenvalue weighted by Gasteiger charge is -2.46. The molecular weight excluding hydrogens is 414 g/mol. The molecule has 172 valence electrons. The molecule has 0 aliphatic heterocycles. The predicted octanol–water partition coefficient (Wildman–Crippen LogP) is 5.64. The molecule has 2 heterocycles. The standard InChI is InChI=1S/C26H31N5O2/c1-4-20-7-5-12-28-23(20)31(24(32)33)17-26(3)11-6-10-25(2,15-26)16-30-18-29-21-9-8-19(14-27)13-22(21)30/h5,7-9,12-13,18H,4,6,10-11,15-17H2,1-3H3,(H,32,33)/t25-,26-/m0/s1. The molecule has 0 radical (unpaired) electrons. The minimum absolute atomic E-state index is 0.00878. The van der Waals surface area contributed by atoms with E-state index in [1.165, 1.54) is 4.90 Å². The highest BCUT2D eigenvalue weighted by Crippen LogP contribution is 2.48. The van der Waals surface area contributed by atoms with Gasteiger partial charge in [-0.2, -0.15) is 5.26 Å². The number of nitrogens with zero attached hydrogens (tertiary/aromatic N) is 5. The summed E-state index contributed by atoms with van der Waals surface area (Å²) < 4.78 is 2.14. The first kappa shape index (κ1) is 22.8. The second-order valence-corrected chi connectivity index (χ2v) is 10.0. The highest BCUT2D eigenvalue weighted by Gasteiger charge is 2.42. The fraction of sp³-hybridized carbons (Fsp3) is 0.462. The third-order valence-corrected chi connectivity index (χ3v) is 6.99. The van der Waals surface area contributed by atoms with Crippen molar-refractivity contribution in [1.29, 1.82) is 5.26 Å². The molecule has 0 spiro atoms. The molecule has 7 nitrogen and oxygen atoms in total. The molecule has 1 N–H and O–H groups in total. The lowest BCUT2D eigenvalue weighted by Crippen LogP contribution is -2.45. The quantitative estimate of drug-likeness (QED) is 0.530. The van der Waals surface area contributed by atoms with E-state index < -0.39 is 6.09 Å². The molecule has 1 aromatic carbocycles. The molecule has 0 unspecified atom stereocenters. The molecule has 1 fully saturated rings. The second kappa shape index (κ2) is 8.86. The molecule has 0 bridgehead atoms. The van der Waals surface area contributed by atoms with E-state index in [0.717, 1.165) is 55.2 Å². The Labute approximate surface area is 194 Å². The number of carbonyl (C=O) groups is 1. The van der Waals surface area contributed by atoms with Crippen LogP contribution in [0.4, 0.5) is 10.6 Å². The summed E-state index contributed by atoms with van der Waals surface area (Å²) in [5, 5.41) is 19.3. The van der Waals surface area contributed by atoms with Gasteiger partial charge >= 0.3 is 6.09 Å². The SMILES string of the molecule is CCc1cccnc1N(C[C@@]1(C)CCC[C@](C)(Cn2cnc3ccc(C#N)cc32)C1)C(=O)O. The first-order valence-corrected chi connectivity index (χ1v) is 11.6. The van der Waals surface area contributed by atoms with Gasteiger partial charge < -0.3 is 9.67 Å². The number of imidazole rings is 1. The van der Waals surface area contributed by atoms with Gasteiger partial charge in [-0.3, -0.25) is 4.90 Å². The number of amides is 1. The van der Waals surface area contributed by atoms with Gasteiger partial charge in [-0.25, -0.2) is 14.8 Å². The maximum Gasteiger partial charge on any atom is 0.413 e. The normalized spacial score (nSPS) is 22.7. The predicted molar refractivity (Wildman–Crippen MR) is 128 cm³/mol. The number of pyridine rings is 1. The fourth-order valence-electron chi connectivity index (χ4n) is 5.65. The summed E-state index contributed by atoms with van der Waals surface area (Å²) in [4.78, 5) is 22.6. The molecule has 2 aromatic heterocycles. The van der Waals surface area contributed by atoms with Crippen LogP contribution in [-0.4, -0.2) is 32.3 Å². The molecule has 7 heteroatoms. The van der Waals surface area contributed by atoms with Gasteiger partial charge in [0.1, 0.15) is 5.82 Å². The summed E-state index contributed by atoms with van der Waals surface area (Å²) in [6, 6.07) is 11.6. The second-order valence-electron chi connectivity index (χ2n) is 10.0. The van der Waals surface area contributed by atoms with Crippen LogP contribution in [0.3, 0.4) is 0 Å². The first-order chi connectivity index (χ1) is 15.8. The van der Waals surface area contributed by atoms with E-state index in [-0.39, 0.29) is 10.8 Å². The molecule has 2 atom stereocenters. The number of hydrogen-bond donors (Lipinski definition) is 1. The number of aryl methyl sites for hydroxylation is 1. The van der Waals surface area contributed by atoms with Crippen LogP contribution in [0.2, 0.25) is 0 Å². The highest BCUT2D eigenvalue weighted by atomic mass is 16.4. The van der Waals surface area contributed by atoms with Crippen LogP contribution >= 0.6 is 0 Å². The molecular formula is C26H31N5O2. The maximum atomic E-state index is 12.3. The van der Waals surface area contributed by atoms with Gasteiger partial charge in [0.2, 0.25) is 0 Å². The summed E-state index contributed by atoms with van der Waals surface area (Å²) in [6.45, 7) is 7.71. The molecule has 1 amide bonds. The first-order valence-electron chi connectivity index (χ1n) is 11.6. The number of rotatable bonds is 6. The molecule has 0 saturated heterocycles. The van der Waals surface area contributed by atoms with Crippen LogP contribution in [0, 0.1) is 22.2 Å². The Hall–Kier alpha value is -3.40. The van der Waals surface area contributed by atoms with Crippen molar-refractivity contribution in [2.45, 2.75) is 59.4 Å². The topological polar surface area (TPSA) is 95.0 Å². The average Bonchev–Trinajstić information content (AvgIpc) is 3.18. The van der Waals surface area contributed by atoms with Crippen molar-refractivity contribution in [3.8, 4) is 6.07 Å². The summed E-state index contributed by atoms with van der Waals surface area (Å²) in [7, 11) is 0. The number of nitriles is 1. The number of aromatic nitrogens is 3. The Morgan fingerprint density at radius 2 is 2.03 bits per heavy atom. The molecule has 4 rings (SSSR count). The fourth-order valence-corrected chi connectivity index (χ4v) is 5.65. The number of hydrogen-bond acceptors (Lipinski definition) is 4. The molecule has 1 aliphatic carbocycles. The molecule has 1 aliphatic rings. The molecule has 1 saturated carbocycles. The van der Waals surface area contributed by atoms with Gasteiger partial charge in [-0.15, -0.1) is 0 Å². The number of benzene rings is 1. The van der Waals surface area contributed by atoms with Gasteiger partial charge in [0.25, 0.3) is 0 Å². The zero-order valence-corrected chi connectivity index (χ0v) is 19.6. The summed E-state index contributed by atoms with van der Waals surface area (Å²) in [5.74, 6) is 0.547. The van der Waals surface area contributed by atoms with E-state index in [4.69, 9.17) is 0 Å². The van der Waals surface area contributed by atoms with E-state index in [1.807, 2.05) is 37.5 Å². The Kier molecular flexibility index (Phi) is 6.11. The molecule has 33 heavy (non-hydrogen) atoms. The zero-order chi connectivity index (χ0) is 23.6. The van der Waals surface area contributed by atoms with Crippen molar-refractivity contribution in [3.05, 3.63) is 54.0 Å². The Morgan fingerprint density at radius 3 is 2.76 bits per heavy atom. The van der Waals surface area contributed by atoms with Crippen molar-refractivity contribution >= 4 is 22.9 Å². The summed E-state index contributed by atoms with van der Waals surface area (Å²) in [5.41, 5.74) is 3.25. The van der Waals surface area contributed by atoms with Crippen LogP contribution in [0.25, 0.3) is 11.0 Å². The van der Waals surface area contributed by atoms with Crippen molar-refractivity contribution in [2.24, 2.45) is 10.8 Å². The minimum Gasteiger partial charge on any atom is -0.465 e. The van der Waals surface area contributed by atoms with Gasteiger partial charge in [-0.05, 0) is 66.3 Å². The Morgan fingerprint density at radius 1 is 1.24 bits per heavy atom. The van der Waals surface area contributed by atoms with E-state index in [9.17, 15) is 15.2 Å². The number of carboxylic acid groups (broad SMARTS) is 1. The van der Waals surface area contributed by atoms with Gasteiger partial charge in [-0.1, -0.05) is 33.3 Å². The Bertz CT molecular complexity index is 1210. The summed E-state index contributed by atoms with van der Waals surface area (Å²) >= 11 is 0. The van der Waals surface area contributed by atoms with Crippen LogP contribution in [0.15, 0.2) is 42.9 Å². The van der Waals surface area contributed by atoms with E-state index in [1.54, 1.807) is 12.3 Å². The lowest BCUT2D eigenvalue weighted by molar-refractivity contribution is 0.0741. The van der Waals surface area contributed by atoms with Crippen molar-refractivity contribution < 1.29 is 9.90 Å². The molecule has 3 aromatic rings. The zero-order valence-electron chi connectivity index (χ0n) is 19.6. The van der Waals surface area contributed by atoms with Crippen molar-refractivity contribution in [2.75, 3.05) is 11.4 Å². The van der Waals surface area contributed by atoms with Crippen molar-refractivity contribution in [1.82, 2.24) is 14.5 Å². The van der Waals surface area contributed by atoms with Crippen LogP contribution in [-0.2, 0) is 13.0 Å². The van der Waals surface area contributed by atoms with Crippen molar-refractivity contribution in [3.63, 3.8) is 0 Å². The Balaban J connectivity index is 1.59. The van der Waals surface area contributed by atoms with E-state index >= 15 is 0 Å². The van der Waals surface area contributed by atoms with Gasteiger partial charge in [0, 0.05) is 19.3 Å². The largest absolute Gasteiger partial charge is 0.465 e. The van der Waals surface area contributed by atoms with Gasteiger partial charge in [0.05, 0.1) is 29.0 Å². The van der Waals surface area contributed by atoms with Gasteiger partial charge in [0.15, 0.2) is 0 Å². The third-order valence-electron chi connectivity index (χ3n) is 6.99. The number of anilines is 1. The minimum atomic E-state index is -0.957. The smallest absolute Gasteiger partial charge is 0.413 e. The monoisotopic (exact) mass is 445 g/mol. The van der Waals surface area contributed by atoms with E-state index in [0.29, 0.717) is 17.9 Å².